The first-order chi connectivity index (χ1) is 14.8. The number of ether oxygens (including phenoxy) is 2. The standard InChI is InChI=1S/C22H25N3O5S/c1-14-6-8-17-18(11-14)24-21(23-17)16-5-4-10-25(13-16)31(27,28)20-12-15(22(26)30-3)7-9-19(20)29-2/h6-9,11-12,16H,4-5,10,13H2,1-3H3,(H,23,24)/t16-/m1/s1. The monoisotopic (exact) mass is 443 g/mol. The molecule has 0 radical (unpaired) electrons. The van der Waals surface area contributed by atoms with Crippen LogP contribution in [0.25, 0.3) is 11.0 Å². The molecule has 1 aliphatic heterocycles. The highest BCUT2D eigenvalue weighted by Gasteiger charge is 2.34. The first-order valence-electron chi connectivity index (χ1n) is 10.1. The highest BCUT2D eigenvalue weighted by molar-refractivity contribution is 7.89. The van der Waals surface area contributed by atoms with E-state index in [1.807, 2.05) is 25.1 Å². The van der Waals surface area contributed by atoms with Crippen LogP contribution >= 0.6 is 0 Å². The largest absolute Gasteiger partial charge is 0.495 e. The summed E-state index contributed by atoms with van der Waals surface area (Å²) in [5, 5.41) is 0. The Kier molecular flexibility index (Phi) is 5.72. The molecule has 1 aliphatic rings. The lowest BCUT2D eigenvalue weighted by Gasteiger charge is -2.31. The van der Waals surface area contributed by atoms with Crippen molar-refractivity contribution in [1.82, 2.24) is 14.3 Å². The van der Waals surface area contributed by atoms with Crippen LogP contribution < -0.4 is 4.74 Å². The Balaban J connectivity index is 1.66. The van der Waals surface area contributed by atoms with E-state index in [1.165, 1.54) is 36.7 Å². The second kappa shape index (κ2) is 8.32. The number of imidazole rings is 1. The topological polar surface area (TPSA) is 102 Å². The average molecular weight is 444 g/mol. The van der Waals surface area contributed by atoms with Crippen molar-refractivity contribution in [1.29, 1.82) is 0 Å². The SMILES string of the molecule is COC(=O)c1ccc(OC)c(S(=O)(=O)N2CCC[C@@H](c3nc4ccc(C)cc4[nH]3)C2)c1. The lowest BCUT2D eigenvalue weighted by Crippen LogP contribution is -2.39. The van der Waals surface area contributed by atoms with E-state index in [-0.39, 0.29) is 22.1 Å². The van der Waals surface area contributed by atoms with Crippen LogP contribution in [-0.4, -0.2) is 56.0 Å². The highest BCUT2D eigenvalue weighted by Crippen LogP contribution is 2.33. The van der Waals surface area contributed by atoms with Crippen LogP contribution in [0, 0.1) is 6.92 Å². The zero-order valence-corrected chi connectivity index (χ0v) is 18.5. The molecule has 1 fully saturated rings. The van der Waals surface area contributed by atoms with Gasteiger partial charge in [-0.2, -0.15) is 4.31 Å². The van der Waals surface area contributed by atoms with Crippen LogP contribution in [0.1, 0.15) is 40.5 Å². The number of hydrogen-bond acceptors (Lipinski definition) is 6. The van der Waals surface area contributed by atoms with Gasteiger partial charge in [0.05, 0.1) is 30.8 Å². The van der Waals surface area contributed by atoms with E-state index in [0.717, 1.165) is 28.8 Å². The molecule has 1 aromatic heterocycles. The molecule has 1 saturated heterocycles. The van der Waals surface area contributed by atoms with Gasteiger partial charge < -0.3 is 14.5 Å². The van der Waals surface area contributed by atoms with Crippen molar-refractivity contribution in [2.45, 2.75) is 30.6 Å². The molecule has 4 rings (SSSR count). The van der Waals surface area contributed by atoms with Gasteiger partial charge in [-0.05, 0) is 55.7 Å². The van der Waals surface area contributed by atoms with Gasteiger partial charge in [-0.15, -0.1) is 0 Å². The Morgan fingerprint density at radius 3 is 2.74 bits per heavy atom. The number of benzene rings is 2. The third kappa shape index (κ3) is 4.03. The minimum atomic E-state index is -3.89. The Hall–Kier alpha value is -2.91. The third-order valence-electron chi connectivity index (χ3n) is 5.63. The summed E-state index contributed by atoms with van der Waals surface area (Å²) in [6, 6.07) is 10.3. The van der Waals surface area contributed by atoms with Gasteiger partial charge in [0, 0.05) is 19.0 Å². The molecular formula is C22H25N3O5S. The molecular weight excluding hydrogens is 418 g/mol. The average Bonchev–Trinajstić information content (AvgIpc) is 3.21. The van der Waals surface area contributed by atoms with Crippen molar-refractivity contribution in [2.24, 2.45) is 0 Å². The van der Waals surface area contributed by atoms with Gasteiger partial charge in [0.25, 0.3) is 0 Å². The number of nitrogens with one attached hydrogen (secondary N) is 1. The molecule has 1 N–H and O–H groups in total. The van der Waals surface area contributed by atoms with Crippen molar-refractivity contribution >= 4 is 27.0 Å². The maximum Gasteiger partial charge on any atom is 0.337 e. The molecule has 0 aliphatic carbocycles. The number of H-pyrrole nitrogens is 1. The number of hydrogen-bond donors (Lipinski definition) is 1. The lowest BCUT2D eigenvalue weighted by atomic mass is 9.99. The Morgan fingerprint density at radius 1 is 1.19 bits per heavy atom. The lowest BCUT2D eigenvalue weighted by molar-refractivity contribution is 0.0600. The van der Waals surface area contributed by atoms with Crippen molar-refractivity contribution in [3.05, 3.63) is 53.3 Å². The van der Waals surface area contributed by atoms with Crippen LogP contribution in [0.2, 0.25) is 0 Å². The zero-order chi connectivity index (χ0) is 22.2. The molecule has 164 valence electrons. The van der Waals surface area contributed by atoms with Crippen LogP contribution in [0.3, 0.4) is 0 Å². The minimum absolute atomic E-state index is 0.0428. The fraction of sp³-hybridized carbons (Fsp3) is 0.364. The molecule has 2 aromatic carbocycles. The van der Waals surface area contributed by atoms with Crippen molar-refractivity contribution in [3.63, 3.8) is 0 Å². The minimum Gasteiger partial charge on any atom is -0.495 e. The van der Waals surface area contributed by atoms with Crippen LogP contribution in [-0.2, 0) is 14.8 Å². The highest BCUT2D eigenvalue weighted by atomic mass is 32.2. The number of rotatable bonds is 5. The number of carbonyl (C=O) groups is 1. The normalized spacial score (nSPS) is 17.6. The molecule has 8 nitrogen and oxygen atoms in total. The summed E-state index contributed by atoms with van der Waals surface area (Å²) in [5.41, 5.74) is 3.10. The number of fused-ring (bicyclic) bond motifs is 1. The van der Waals surface area contributed by atoms with Gasteiger partial charge in [0.2, 0.25) is 10.0 Å². The predicted molar refractivity (Wildman–Crippen MR) is 116 cm³/mol. The summed E-state index contributed by atoms with van der Waals surface area (Å²) in [6.45, 7) is 2.71. The van der Waals surface area contributed by atoms with E-state index in [4.69, 9.17) is 9.47 Å². The Labute approximate surface area is 181 Å². The number of esters is 1. The zero-order valence-electron chi connectivity index (χ0n) is 17.7. The van der Waals surface area contributed by atoms with Gasteiger partial charge in [-0.1, -0.05) is 6.07 Å². The first-order valence-corrected chi connectivity index (χ1v) is 11.5. The fourth-order valence-electron chi connectivity index (χ4n) is 3.98. The number of methoxy groups -OCH3 is 2. The maximum absolute atomic E-state index is 13.5. The van der Waals surface area contributed by atoms with Crippen LogP contribution in [0.5, 0.6) is 5.75 Å². The van der Waals surface area contributed by atoms with E-state index in [0.29, 0.717) is 19.5 Å². The van der Waals surface area contributed by atoms with Gasteiger partial charge >= 0.3 is 5.97 Å². The number of carbonyl (C=O) groups excluding carboxylic acids is 1. The predicted octanol–water partition coefficient (Wildman–Crippen LogP) is 3.23. The molecule has 0 saturated carbocycles. The molecule has 3 aromatic rings. The first kappa shape index (κ1) is 21.3. The van der Waals surface area contributed by atoms with Crippen molar-refractivity contribution < 1.29 is 22.7 Å². The summed E-state index contributed by atoms with van der Waals surface area (Å²) < 4.78 is 38.4. The van der Waals surface area contributed by atoms with Crippen LogP contribution in [0.4, 0.5) is 0 Å². The number of sulfonamides is 1. The molecule has 31 heavy (non-hydrogen) atoms. The summed E-state index contributed by atoms with van der Waals surface area (Å²) in [4.78, 5) is 19.9. The van der Waals surface area contributed by atoms with Gasteiger partial charge in [-0.25, -0.2) is 18.2 Å². The van der Waals surface area contributed by atoms with E-state index in [1.54, 1.807) is 0 Å². The summed E-state index contributed by atoms with van der Waals surface area (Å²) in [5.74, 6) is 0.323. The molecule has 0 bridgehead atoms. The smallest absolute Gasteiger partial charge is 0.337 e. The Morgan fingerprint density at radius 2 is 2.00 bits per heavy atom. The number of aromatic nitrogens is 2. The molecule has 9 heteroatoms. The fourth-order valence-corrected chi connectivity index (χ4v) is 5.69. The molecule has 2 heterocycles. The van der Waals surface area contributed by atoms with Gasteiger partial charge in [0.15, 0.2) is 0 Å². The van der Waals surface area contributed by atoms with Gasteiger partial charge in [0.1, 0.15) is 16.5 Å². The summed E-state index contributed by atoms with van der Waals surface area (Å²) >= 11 is 0. The third-order valence-corrected chi connectivity index (χ3v) is 7.52. The van der Waals surface area contributed by atoms with E-state index < -0.39 is 16.0 Å². The van der Waals surface area contributed by atoms with Gasteiger partial charge in [-0.3, -0.25) is 0 Å². The van der Waals surface area contributed by atoms with Crippen molar-refractivity contribution in [3.8, 4) is 5.75 Å². The maximum atomic E-state index is 13.5. The van der Waals surface area contributed by atoms with E-state index in [9.17, 15) is 13.2 Å². The summed E-state index contributed by atoms with van der Waals surface area (Å²) in [6.07, 6.45) is 1.54. The molecule has 0 spiro atoms. The van der Waals surface area contributed by atoms with Crippen LogP contribution in [0.15, 0.2) is 41.3 Å². The van der Waals surface area contributed by atoms with E-state index in [2.05, 4.69) is 9.97 Å². The number of aromatic amines is 1. The molecule has 0 amide bonds. The second-order valence-corrected chi connectivity index (χ2v) is 9.61. The molecule has 1 atom stereocenters. The number of nitrogens with zero attached hydrogens (tertiary/aromatic N) is 2. The number of aryl methyl sites for hydroxylation is 1. The summed E-state index contributed by atoms with van der Waals surface area (Å²) in [7, 11) is -1.23. The number of piperidine rings is 1. The second-order valence-electron chi connectivity index (χ2n) is 7.70. The quantitative estimate of drug-likeness (QED) is 0.608. The van der Waals surface area contributed by atoms with E-state index >= 15 is 0 Å². The Bertz CT molecular complexity index is 1240. The molecule has 0 unspecified atom stereocenters. The van der Waals surface area contributed by atoms with Crippen molar-refractivity contribution in [2.75, 3.05) is 27.3 Å².